The quantitative estimate of drug-likeness (QED) is 0.202. The van der Waals surface area contributed by atoms with Crippen LogP contribution in [0.15, 0.2) is 84.2 Å². The first-order valence-corrected chi connectivity index (χ1v) is 16.3. The molecular formula is C37H35F3NO3P. The number of allylic oxidation sites excluding steroid dienone is 4. The van der Waals surface area contributed by atoms with Crippen molar-refractivity contribution in [3.63, 3.8) is 0 Å². The Bertz CT molecular complexity index is 1810. The number of alkyl halides is 3. The molecule has 0 saturated heterocycles. The van der Waals surface area contributed by atoms with Crippen LogP contribution in [0.2, 0.25) is 0 Å². The number of halogens is 3. The first kappa shape index (κ1) is 31.0. The van der Waals surface area contributed by atoms with Gasteiger partial charge < -0.3 is 9.64 Å². The number of anilines is 1. The molecule has 0 radical (unpaired) electrons. The molecule has 232 valence electrons. The average Bonchev–Trinajstić information content (AvgIpc) is 3.18. The molecule has 0 amide bonds. The van der Waals surface area contributed by atoms with E-state index in [2.05, 4.69) is 12.2 Å². The van der Waals surface area contributed by atoms with E-state index in [1.54, 1.807) is 12.1 Å². The lowest BCUT2D eigenvalue weighted by molar-refractivity contribution is -0.137. The summed E-state index contributed by atoms with van der Waals surface area (Å²) in [5.41, 5.74) is 1.16. The molecule has 8 heteroatoms. The van der Waals surface area contributed by atoms with Gasteiger partial charge in [0.15, 0.2) is 11.3 Å². The number of methoxy groups -OCH3 is 1. The maximum Gasteiger partial charge on any atom is 0.416 e. The molecule has 2 atom stereocenters. The van der Waals surface area contributed by atoms with Crippen molar-refractivity contribution in [2.24, 2.45) is 0 Å². The fourth-order valence-corrected chi connectivity index (χ4v) is 9.45. The smallest absolute Gasteiger partial charge is 0.416 e. The molecule has 4 nitrogen and oxygen atoms in total. The van der Waals surface area contributed by atoms with Gasteiger partial charge in [0.2, 0.25) is 0 Å². The molecule has 3 aromatic rings. The second kappa shape index (κ2) is 11.1. The van der Waals surface area contributed by atoms with E-state index in [1.807, 2.05) is 74.4 Å². The van der Waals surface area contributed by atoms with Crippen molar-refractivity contribution >= 4 is 36.3 Å². The number of fused-ring (bicyclic) bond motifs is 2. The molecule has 0 bridgehead atoms. The summed E-state index contributed by atoms with van der Waals surface area (Å²) >= 11 is 0. The third-order valence-electron chi connectivity index (χ3n) is 9.68. The molecule has 1 aliphatic heterocycles. The van der Waals surface area contributed by atoms with Crippen LogP contribution in [-0.2, 0) is 18.0 Å². The Morgan fingerprint density at radius 2 is 1.73 bits per heavy atom. The maximum atomic E-state index is 14.7. The number of hydrogen-bond donors (Lipinski definition) is 0. The van der Waals surface area contributed by atoms with Crippen LogP contribution in [0.25, 0.3) is 6.08 Å². The zero-order chi connectivity index (χ0) is 32.3. The van der Waals surface area contributed by atoms with Crippen LogP contribution in [0.3, 0.4) is 0 Å². The second-order valence-electron chi connectivity index (χ2n) is 12.4. The Labute approximate surface area is 263 Å². The largest absolute Gasteiger partial charge is 0.495 e. The van der Waals surface area contributed by atoms with Crippen LogP contribution in [0.1, 0.15) is 76.6 Å². The lowest BCUT2D eigenvalue weighted by Gasteiger charge is -2.47. The van der Waals surface area contributed by atoms with Crippen LogP contribution in [0.4, 0.5) is 18.9 Å². The monoisotopic (exact) mass is 629 g/mol. The van der Waals surface area contributed by atoms with Gasteiger partial charge in [0.05, 0.1) is 23.8 Å². The van der Waals surface area contributed by atoms with E-state index in [0.717, 1.165) is 40.8 Å². The van der Waals surface area contributed by atoms with Crippen molar-refractivity contribution in [2.75, 3.05) is 19.1 Å². The minimum Gasteiger partial charge on any atom is -0.495 e. The Morgan fingerprint density at radius 1 is 1.00 bits per heavy atom. The van der Waals surface area contributed by atoms with Gasteiger partial charge >= 0.3 is 6.18 Å². The molecule has 1 spiro atoms. The van der Waals surface area contributed by atoms with Crippen molar-refractivity contribution in [2.45, 2.75) is 57.2 Å². The molecule has 6 rings (SSSR count). The van der Waals surface area contributed by atoms with Crippen molar-refractivity contribution in [3.05, 3.63) is 118 Å². The highest BCUT2D eigenvalue weighted by molar-refractivity contribution is 7.85. The van der Waals surface area contributed by atoms with Crippen LogP contribution in [0, 0.1) is 0 Å². The van der Waals surface area contributed by atoms with Gasteiger partial charge in [0.1, 0.15) is 5.75 Å². The summed E-state index contributed by atoms with van der Waals surface area (Å²) < 4.78 is 47.1. The van der Waals surface area contributed by atoms with E-state index in [4.69, 9.17) is 4.74 Å². The molecule has 0 fully saturated rings. The van der Waals surface area contributed by atoms with Gasteiger partial charge in [0.25, 0.3) is 0 Å². The average molecular weight is 630 g/mol. The molecule has 45 heavy (non-hydrogen) atoms. The lowest BCUT2D eigenvalue weighted by Crippen LogP contribution is -2.55. The van der Waals surface area contributed by atoms with E-state index in [-0.39, 0.29) is 16.9 Å². The molecular weight excluding hydrogens is 594 g/mol. The summed E-state index contributed by atoms with van der Waals surface area (Å²) in [7, 11) is 1.92. The van der Waals surface area contributed by atoms with Crippen molar-refractivity contribution in [1.29, 1.82) is 0 Å². The van der Waals surface area contributed by atoms with Gasteiger partial charge in [0, 0.05) is 43.6 Å². The number of ketones is 1. The van der Waals surface area contributed by atoms with Gasteiger partial charge in [-0.2, -0.15) is 13.2 Å². The number of ether oxygens (including phenoxy) is 1. The van der Waals surface area contributed by atoms with E-state index < -0.39 is 30.6 Å². The van der Waals surface area contributed by atoms with Crippen LogP contribution >= 0.6 is 7.92 Å². The van der Waals surface area contributed by atoms with Crippen molar-refractivity contribution < 1.29 is 27.5 Å². The number of Topliss-reactive ketones (excluding diaryl/α,β-unsaturated/α-hetero) is 1. The predicted octanol–water partition coefficient (Wildman–Crippen LogP) is 8.83. The Kier molecular flexibility index (Phi) is 7.68. The van der Waals surface area contributed by atoms with Gasteiger partial charge in [-0.15, -0.1) is 0 Å². The van der Waals surface area contributed by atoms with E-state index in [1.165, 1.54) is 20.1 Å². The topological polar surface area (TPSA) is 46.6 Å². The molecule has 3 aliphatic rings. The minimum absolute atomic E-state index is 0.155. The van der Waals surface area contributed by atoms with Gasteiger partial charge in [-0.1, -0.05) is 74.6 Å². The Hall–Kier alpha value is -3.96. The van der Waals surface area contributed by atoms with Gasteiger partial charge in [-0.05, 0) is 65.8 Å². The zero-order valence-electron chi connectivity index (χ0n) is 26.0. The molecule has 2 aliphatic carbocycles. The fraction of sp³-hybridized carbons (Fsp3) is 0.297. The number of carbonyl (C=O) groups is 2. The zero-order valence-corrected chi connectivity index (χ0v) is 26.9. The number of likely N-dealkylation sites (N-methyl/N-ethyl adjacent to an activating group) is 1. The Balaban J connectivity index is 1.50. The first-order chi connectivity index (χ1) is 21.3. The summed E-state index contributed by atoms with van der Waals surface area (Å²) in [4.78, 5) is 30.0. The molecule has 0 saturated carbocycles. The highest BCUT2D eigenvalue weighted by Crippen LogP contribution is 2.57. The standard InChI is InChI=1S/C37H35F3NO3P/c1-23(42)29-20-24-22-36(35(2,3)30-21-25(37(38,39)40)16-17-31(30)41(36)4)19-18-28(24)33(44-5)32(29)34(43)45(26-12-8-6-9-13-26)27-14-10-7-11-15-27/h6,8-10,12-21H,7,11,22H2,1-5H3. The first-order valence-electron chi connectivity index (χ1n) is 15.0. The summed E-state index contributed by atoms with van der Waals surface area (Å²) in [6, 6.07) is 15.4. The molecule has 0 aromatic heterocycles. The predicted molar refractivity (Wildman–Crippen MR) is 175 cm³/mol. The van der Waals surface area contributed by atoms with Gasteiger partial charge in [-0.25, -0.2) is 0 Å². The SMILES string of the molecule is COc1c2c(cc(C(C)=O)c1C(=O)P(C1=CCCC=C1)c1ccccc1)CC1(C=C2)N(C)c2ccc(C(F)(F)F)cc2C1(C)C. The summed E-state index contributed by atoms with van der Waals surface area (Å²) in [6.45, 7) is 5.38. The number of hydrogen-bond acceptors (Lipinski definition) is 4. The third kappa shape index (κ3) is 4.87. The van der Waals surface area contributed by atoms with Crippen LogP contribution in [0.5, 0.6) is 5.75 Å². The number of carbonyl (C=O) groups excluding carboxylic acids is 2. The third-order valence-corrected chi connectivity index (χ3v) is 12.0. The highest BCUT2D eigenvalue weighted by Gasteiger charge is 2.56. The normalized spacial score (nSPS) is 20.4. The fourth-order valence-electron chi connectivity index (χ4n) is 7.20. The van der Waals surface area contributed by atoms with Crippen LogP contribution in [-0.4, -0.2) is 31.0 Å². The lowest BCUT2D eigenvalue weighted by atomic mass is 9.65. The van der Waals surface area contributed by atoms with Crippen LogP contribution < -0.4 is 14.9 Å². The molecule has 0 N–H and O–H groups in total. The minimum atomic E-state index is -4.45. The number of nitrogens with zero attached hydrogens (tertiary/aromatic N) is 1. The summed E-state index contributed by atoms with van der Waals surface area (Å²) in [5, 5.41) is 1.84. The van der Waals surface area contributed by atoms with E-state index in [0.29, 0.717) is 28.9 Å². The highest BCUT2D eigenvalue weighted by atomic mass is 31.1. The van der Waals surface area contributed by atoms with Gasteiger partial charge in [-0.3, -0.25) is 9.59 Å². The summed E-state index contributed by atoms with van der Waals surface area (Å²) in [5.74, 6) is 0.101. The van der Waals surface area contributed by atoms with E-state index in [9.17, 15) is 22.8 Å². The molecule has 1 heterocycles. The second-order valence-corrected chi connectivity index (χ2v) is 14.5. The molecule has 2 unspecified atom stereocenters. The maximum absolute atomic E-state index is 14.7. The molecule has 3 aromatic carbocycles. The van der Waals surface area contributed by atoms with Crippen molar-refractivity contribution in [1.82, 2.24) is 0 Å². The number of rotatable bonds is 6. The number of benzene rings is 3. The Morgan fingerprint density at radius 3 is 2.36 bits per heavy atom. The van der Waals surface area contributed by atoms with E-state index >= 15 is 0 Å². The van der Waals surface area contributed by atoms with Crippen molar-refractivity contribution in [3.8, 4) is 5.75 Å². The summed E-state index contributed by atoms with van der Waals surface area (Å²) in [6.07, 6.45) is 7.85.